The predicted molar refractivity (Wildman–Crippen MR) is 95.9 cm³/mol. The molecule has 0 aromatic carbocycles. The Hall–Kier alpha value is -1.24. The van der Waals surface area contributed by atoms with Gasteiger partial charge in [0.05, 0.1) is 5.69 Å². The number of nitrogens with two attached hydrogens (primary N) is 1. The van der Waals surface area contributed by atoms with Gasteiger partial charge in [0, 0.05) is 50.7 Å². The van der Waals surface area contributed by atoms with E-state index < -0.39 is 0 Å². The van der Waals surface area contributed by atoms with Crippen LogP contribution in [0, 0.1) is 6.92 Å². The molecule has 130 valence electrons. The van der Waals surface area contributed by atoms with Crippen LogP contribution in [-0.4, -0.2) is 72.6 Å². The summed E-state index contributed by atoms with van der Waals surface area (Å²) in [4.78, 5) is 14.1. The van der Waals surface area contributed by atoms with E-state index in [0.29, 0.717) is 12.6 Å². The molecule has 2 rings (SSSR count). The van der Waals surface area contributed by atoms with Crippen molar-refractivity contribution in [2.24, 2.45) is 5.73 Å². The molecule has 1 atom stereocenters. The molecule has 1 aliphatic rings. The molecule has 0 saturated carbocycles. The van der Waals surface area contributed by atoms with Crippen molar-refractivity contribution in [3.05, 3.63) is 17.1 Å². The van der Waals surface area contributed by atoms with E-state index in [1.807, 2.05) is 6.92 Å². The fraction of sp³-hybridized carbons (Fsp3) is 0.765. The maximum atomic E-state index is 5.71. The summed E-state index contributed by atoms with van der Waals surface area (Å²) in [5.74, 6) is 1.89. The van der Waals surface area contributed by atoms with Crippen LogP contribution in [0.4, 0.5) is 5.82 Å². The normalized spacial score (nSPS) is 17.0. The number of anilines is 1. The smallest absolute Gasteiger partial charge is 0.133 e. The van der Waals surface area contributed by atoms with Gasteiger partial charge in [-0.05, 0) is 33.9 Å². The molecule has 23 heavy (non-hydrogen) atoms. The molecule has 6 nitrogen and oxygen atoms in total. The van der Waals surface area contributed by atoms with E-state index in [-0.39, 0.29) is 0 Å². The number of likely N-dealkylation sites (N-methyl/N-ethyl adjacent to an activating group) is 1. The first-order valence-electron chi connectivity index (χ1n) is 8.74. The lowest BCUT2D eigenvalue weighted by molar-refractivity contribution is 0.295. The molecular formula is C17H32N6. The van der Waals surface area contributed by atoms with Crippen molar-refractivity contribution in [1.82, 2.24) is 19.8 Å². The van der Waals surface area contributed by atoms with Gasteiger partial charge in [0.25, 0.3) is 0 Å². The molecule has 1 aromatic heterocycles. The molecule has 1 aliphatic heterocycles. The molecular weight excluding hydrogens is 288 g/mol. The number of rotatable bonds is 7. The summed E-state index contributed by atoms with van der Waals surface area (Å²) < 4.78 is 0. The SMILES string of the molecule is CCC(CNc1nc(C)nc2c1CCN(CCN)CC2)N(C)C. The van der Waals surface area contributed by atoms with Gasteiger partial charge >= 0.3 is 0 Å². The summed E-state index contributed by atoms with van der Waals surface area (Å²) in [6.45, 7) is 8.87. The van der Waals surface area contributed by atoms with Crippen LogP contribution in [0.3, 0.4) is 0 Å². The van der Waals surface area contributed by atoms with Crippen molar-refractivity contribution in [3.63, 3.8) is 0 Å². The average Bonchev–Trinajstić information content (AvgIpc) is 2.70. The minimum absolute atomic E-state index is 0.514. The molecule has 1 aromatic rings. The van der Waals surface area contributed by atoms with E-state index in [2.05, 4.69) is 41.1 Å². The lowest BCUT2D eigenvalue weighted by Crippen LogP contribution is -2.34. The first kappa shape index (κ1) is 18.1. The Morgan fingerprint density at radius 3 is 2.65 bits per heavy atom. The highest BCUT2D eigenvalue weighted by molar-refractivity contribution is 5.47. The maximum Gasteiger partial charge on any atom is 0.133 e. The zero-order valence-electron chi connectivity index (χ0n) is 15.1. The number of nitrogens with zero attached hydrogens (tertiary/aromatic N) is 4. The van der Waals surface area contributed by atoms with Gasteiger partial charge < -0.3 is 20.9 Å². The molecule has 0 spiro atoms. The van der Waals surface area contributed by atoms with E-state index in [4.69, 9.17) is 10.7 Å². The number of aryl methyl sites for hydroxylation is 1. The minimum atomic E-state index is 0.514. The third kappa shape index (κ3) is 4.86. The molecule has 6 heteroatoms. The van der Waals surface area contributed by atoms with Crippen LogP contribution in [0.2, 0.25) is 0 Å². The van der Waals surface area contributed by atoms with E-state index in [1.54, 1.807) is 0 Å². The van der Waals surface area contributed by atoms with Crippen molar-refractivity contribution in [1.29, 1.82) is 0 Å². The van der Waals surface area contributed by atoms with Gasteiger partial charge in [-0.2, -0.15) is 0 Å². The fourth-order valence-corrected chi connectivity index (χ4v) is 3.23. The van der Waals surface area contributed by atoms with Gasteiger partial charge in [-0.1, -0.05) is 6.92 Å². The van der Waals surface area contributed by atoms with Gasteiger partial charge in [0.1, 0.15) is 11.6 Å². The summed E-state index contributed by atoms with van der Waals surface area (Å²) >= 11 is 0. The second-order valence-corrected chi connectivity index (χ2v) is 6.58. The Kier molecular flexibility index (Phi) is 6.74. The van der Waals surface area contributed by atoms with Crippen molar-refractivity contribution < 1.29 is 0 Å². The quantitative estimate of drug-likeness (QED) is 0.778. The molecule has 2 heterocycles. The highest BCUT2D eigenvalue weighted by Crippen LogP contribution is 2.21. The fourth-order valence-electron chi connectivity index (χ4n) is 3.23. The predicted octanol–water partition coefficient (Wildman–Crippen LogP) is 0.896. The Bertz CT molecular complexity index is 502. The van der Waals surface area contributed by atoms with Crippen LogP contribution in [0.5, 0.6) is 0 Å². The first-order valence-corrected chi connectivity index (χ1v) is 8.74. The van der Waals surface area contributed by atoms with Crippen molar-refractivity contribution in [3.8, 4) is 0 Å². The van der Waals surface area contributed by atoms with Crippen molar-refractivity contribution >= 4 is 5.82 Å². The molecule has 0 amide bonds. The van der Waals surface area contributed by atoms with Crippen LogP contribution in [0.15, 0.2) is 0 Å². The second-order valence-electron chi connectivity index (χ2n) is 6.58. The molecule has 3 N–H and O–H groups in total. The number of hydrogen-bond donors (Lipinski definition) is 2. The Balaban J connectivity index is 2.14. The van der Waals surface area contributed by atoms with Crippen molar-refractivity contribution in [2.45, 2.75) is 39.2 Å². The topological polar surface area (TPSA) is 70.3 Å². The lowest BCUT2D eigenvalue weighted by atomic mass is 10.1. The summed E-state index contributed by atoms with van der Waals surface area (Å²) in [7, 11) is 4.26. The number of aromatic nitrogens is 2. The summed E-state index contributed by atoms with van der Waals surface area (Å²) in [5.41, 5.74) is 8.21. The first-order chi connectivity index (χ1) is 11.0. The zero-order valence-corrected chi connectivity index (χ0v) is 15.1. The summed E-state index contributed by atoms with van der Waals surface area (Å²) in [5, 5.41) is 3.58. The Labute approximate surface area is 140 Å². The highest BCUT2D eigenvalue weighted by Gasteiger charge is 2.19. The minimum Gasteiger partial charge on any atom is -0.368 e. The molecule has 1 unspecified atom stereocenters. The summed E-state index contributed by atoms with van der Waals surface area (Å²) in [6, 6.07) is 0.514. The van der Waals surface area contributed by atoms with E-state index >= 15 is 0 Å². The van der Waals surface area contributed by atoms with Gasteiger partial charge in [-0.15, -0.1) is 0 Å². The van der Waals surface area contributed by atoms with Crippen molar-refractivity contribution in [2.75, 3.05) is 52.1 Å². The highest BCUT2D eigenvalue weighted by atomic mass is 15.2. The van der Waals surface area contributed by atoms with Crippen LogP contribution in [0.1, 0.15) is 30.4 Å². The largest absolute Gasteiger partial charge is 0.368 e. The Morgan fingerprint density at radius 1 is 1.26 bits per heavy atom. The molecule has 0 bridgehead atoms. The van der Waals surface area contributed by atoms with E-state index in [9.17, 15) is 0 Å². The Morgan fingerprint density at radius 2 is 2.00 bits per heavy atom. The van der Waals surface area contributed by atoms with Gasteiger partial charge in [-0.3, -0.25) is 0 Å². The monoisotopic (exact) mass is 320 g/mol. The molecule has 0 aliphatic carbocycles. The maximum absolute atomic E-state index is 5.71. The molecule has 0 fully saturated rings. The van der Waals surface area contributed by atoms with Gasteiger partial charge in [0.2, 0.25) is 0 Å². The lowest BCUT2D eigenvalue weighted by Gasteiger charge is -2.24. The molecule has 0 saturated heterocycles. The van der Waals surface area contributed by atoms with Gasteiger partial charge in [-0.25, -0.2) is 9.97 Å². The van der Waals surface area contributed by atoms with Crippen LogP contribution in [-0.2, 0) is 12.8 Å². The zero-order chi connectivity index (χ0) is 16.8. The van der Waals surface area contributed by atoms with Crippen LogP contribution in [0.25, 0.3) is 0 Å². The number of nitrogens with one attached hydrogen (secondary N) is 1. The third-order valence-electron chi connectivity index (χ3n) is 4.70. The number of hydrogen-bond acceptors (Lipinski definition) is 6. The van der Waals surface area contributed by atoms with Crippen LogP contribution >= 0.6 is 0 Å². The average molecular weight is 320 g/mol. The second kappa shape index (κ2) is 8.57. The third-order valence-corrected chi connectivity index (χ3v) is 4.70. The van der Waals surface area contributed by atoms with Crippen LogP contribution < -0.4 is 11.1 Å². The van der Waals surface area contributed by atoms with Gasteiger partial charge in [0.15, 0.2) is 0 Å². The standard InChI is InChI=1S/C17H32N6/c1-5-14(22(3)4)12-19-17-15-6-9-23(11-8-18)10-7-16(15)20-13(2)21-17/h14H,5-12,18H2,1-4H3,(H,19,20,21). The summed E-state index contributed by atoms with van der Waals surface area (Å²) in [6.07, 6.45) is 3.10. The number of fused-ring (bicyclic) bond motifs is 1. The molecule has 0 radical (unpaired) electrons. The van der Waals surface area contributed by atoms with E-state index in [0.717, 1.165) is 57.1 Å². The van der Waals surface area contributed by atoms with E-state index in [1.165, 1.54) is 11.3 Å².